The Hall–Kier alpha value is -3.03. The van der Waals surface area contributed by atoms with Gasteiger partial charge in [-0.15, -0.1) is 0 Å². The average molecular weight is 363 g/mol. The van der Waals surface area contributed by atoms with E-state index in [0.717, 1.165) is 12.1 Å². The molecule has 26 heavy (non-hydrogen) atoms. The van der Waals surface area contributed by atoms with Crippen molar-refractivity contribution in [3.8, 4) is 0 Å². The van der Waals surface area contributed by atoms with Crippen LogP contribution in [-0.2, 0) is 17.9 Å². The standard InChI is InChI=1S/C18H18F2N4O2/c1-11(25)21-6-7-24-10-16-14(18(24)26)4-5-17(23-16)22-9-12-2-3-13(19)8-15(12)20/h2-5,8H,6-7,9-10H2,1H3,(H,21,25)(H,22,23)/i1D3. The molecule has 0 saturated carbocycles. The molecule has 8 heteroatoms. The number of hydrogen-bond donors (Lipinski definition) is 2. The zero-order valence-corrected chi connectivity index (χ0v) is 13.7. The molecule has 0 radical (unpaired) electrons. The first-order chi connectivity index (χ1) is 13.6. The number of halogens is 2. The second-order valence-corrected chi connectivity index (χ2v) is 5.76. The van der Waals surface area contributed by atoms with Crippen LogP contribution in [0.2, 0.25) is 0 Å². The number of carbonyl (C=O) groups excluding carboxylic acids is 2. The van der Waals surface area contributed by atoms with E-state index in [9.17, 15) is 18.4 Å². The maximum atomic E-state index is 13.7. The molecule has 0 saturated heterocycles. The third-order valence-corrected chi connectivity index (χ3v) is 3.97. The number of aromatic nitrogens is 1. The molecule has 0 bridgehead atoms. The van der Waals surface area contributed by atoms with Crippen molar-refractivity contribution >= 4 is 17.6 Å². The molecule has 0 fully saturated rings. The SMILES string of the molecule is [2H]C([2H])([2H])C(=O)NCCN1Cc2nc(NCc3ccc(F)cc3F)ccc2C1=O. The number of anilines is 1. The van der Waals surface area contributed by atoms with Gasteiger partial charge < -0.3 is 15.5 Å². The number of pyridine rings is 1. The fourth-order valence-corrected chi connectivity index (χ4v) is 2.67. The predicted molar refractivity (Wildman–Crippen MR) is 91.3 cm³/mol. The summed E-state index contributed by atoms with van der Waals surface area (Å²) in [6.07, 6.45) is 0. The molecule has 2 N–H and O–H groups in total. The lowest BCUT2D eigenvalue weighted by Crippen LogP contribution is -2.34. The van der Waals surface area contributed by atoms with Crippen molar-refractivity contribution in [3.05, 3.63) is 58.8 Å². The molecule has 0 atom stereocenters. The summed E-state index contributed by atoms with van der Waals surface area (Å²) < 4.78 is 47.7. The quantitative estimate of drug-likeness (QED) is 0.824. The molecule has 0 unspecified atom stereocenters. The van der Waals surface area contributed by atoms with Gasteiger partial charge in [-0.3, -0.25) is 9.59 Å². The predicted octanol–water partition coefficient (Wildman–Crippen LogP) is 2.06. The first-order valence-electron chi connectivity index (χ1n) is 9.40. The molecule has 0 spiro atoms. The fraction of sp³-hybridized carbons (Fsp3) is 0.278. The fourth-order valence-electron chi connectivity index (χ4n) is 2.67. The minimum absolute atomic E-state index is 0.00586. The van der Waals surface area contributed by atoms with Crippen LogP contribution in [0.4, 0.5) is 14.6 Å². The van der Waals surface area contributed by atoms with Gasteiger partial charge in [-0.25, -0.2) is 13.8 Å². The molecule has 0 aliphatic carbocycles. The van der Waals surface area contributed by atoms with Gasteiger partial charge in [-0.1, -0.05) is 6.07 Å². The van der Waals surface area contributed by atoms with E-state index < -0.39 is 24.4 Å². The number of hydrogen-bond acceptors (Lipinski definition) is 4. The van der Waals surface area contributed by atoms with Gasteiger partial charge in [0.15, 0.2) is 0 Å². The molecular weight excluding hydrogens is 342 g/mol. The summed E-state index contributed by atoms with van der Waals surface area (Å²) in [4.78, 5) is 29.6. The van der Waals surface area contributed by atoms with E-state index in [4.69, 9.17) is 4.11 Å². The second-order valence-electron chi connectivity index (χ2n) is 5.76. The molecule has 1 aromatic heterocycles. The van der Waals surface area contributed by atoms with E-state index in [1.54, 1.807) is 12.1 Å². The average Bonchev–Trinajstić information content (AvgIpc) is 2.95. The van der Waals surface area contributed by atoms with Crippen molar-refractivity contribution in [2.24, 2.45) is 0 Å². The van der Waals surface area contributed by atoms with E-state index in [1.165, 1.54) is 11.0 Å². The lowest BCUT2D eigenvalue weighted by molar-refractivity contribution is -0.119. The van der Waals surface area contributed by atoms with Gasteiger partial charge in [0.2, 0.25) is 5.91 Å². The van der Waals surface area contributed by atoms with Crippen molar-refractivity contribution in [1.82, 2.24) is 15.2 Å². The van der Waals surface area contributed by atoms with E-state index in [2.05, 4.69) is 15.6 Å². The molecular formula is C18H18F2N4O2. The van der Waals surface area contributed by atoms with Crippen LogP contribution in [0.25, 0.3) is 0 Å². The van der Waals surface area contributed by atoms with E-state index in [-0.39, 0.29) is 37.6 Å². The Balaban J connectivity index is 1.58. The number of amides is 2. The molecule has 3 rings (SSSR count). The maximum absolute atomic E-state index is 13.7. The minimum Gasteiger partial charge on any atom is -0.366 e. The van der Waals surface area contributed by atoms with Gasteiger partial charge in [-0.05, 0) is 18.2 Å². The van der Waals surface area contributed by atoms with Gasteiger partial charge in [0.1, 0.15) is 17.5 Å². The second kappa shape index (κ2) is 7.47. The molecule has 2 amide bonds. The lowest BCUT2D eigenvalue weighted by Gasteiger charge is -2.14. The summed E-state index contributed by atoms with van der Waals surface area (Å²) in [5.41, 5.74) is 1.20. The highest BCUT2D eigenvalue weighted by molar-refractivity contribution is 5.98. The Kier molecular flexibility index (Phi) is 4.07. The summed E-state index contributed by atoms with van der Waals surface area (Å²) in [7, 11) is 0. The molecule has 136 valence electrons. The van der Waals surface area contributed by atoms with Gasteiger partial charge in [0, 0.05) is 42.2 Å². The van der Waals surface area contributed by atoms with Crippen molar-refractivity contribution in [2.75, 3.05) is 18.4 Å². The smallest absolute Gasteiger partial charge is 0.256 e. The summed E-state index contributed by atoms with van der Waals surface area (Å²) in [6, 6.07) is 6.48. The summed E-state index contributed by atoms with van der Waals surface area (Å²) in [6.45, 7) is -2.29. The molecule has 1 aliphatic rings. The van der Waals surface area contributed by atoms with Gasteiger partial charge >= 0.3 is 0 Å². The normalized spacial score (nSPS) is 15.1. The molecule has 1 aliphatic heterocycles. The highest BCUT2D eigenvalue weighted by atomic mass is 19.1. The van der Waals surface area contributed by atoms with Crippen LogP contribution < -0.4 is 10.6 Å². The molecule has 6 nitrogen and oxygen atoms in total. The number of fused-ring (bicyclic) bond motifs is 1. The monoisotopic (exact) mass is 363 g/mol. The van der Waals surface area contributed by atoms with Crippen molar-refractivity contribution < 1.29 is 22.5 Å². The number of nitrogens with zero attached hydrogens (tertiary/aromatic N) is 2. The largest absolute Gasteiger partial charge is 0.366 e. The van der Waals surface area contributed by atoms with E-state index >= 15 is 0 Å². The van der Waals surface area contributed by atoms with E-state index in [1.807, 2.05) is 0 Å². The highest BCUT2D eigenvalue weighted by Crippen LogP contribution is 2.23. The first kappa shape index (κ1) is 14.2. The van der Waals surface area contributed by atoms with E-state index in [0.29, 0.717) is 17.1 Å². The number of benzene rings is 1. The van der Waals surface area contributed by atoms with Crippen LogP contribution in [0.1, 0.15) is 32.6 Å². The highest BCUT2D eigenvalue weighted by Gasteiger charge is 2.28. The Morgan fingerprint density at radius 3 is 2.96 bits per heavy atom. The van der Waals surface area contributed by atoms with Crippen LogP contribution in [0, 0.1) is 11.6 Å². The van der Waals surface area contributed by atoms with Crippen LogP contribution in [0.3, 0.4) is 0 Å². The summed E-state index contributed by atoms with van der Waals surface area (Å²) in [5.74, 6) is -2.24. The zero-order chi connectivity index (χ0) is 21.2. The van der Waals surface area contributed by atoms with Crippen molar-refractivity contribution in [2.45, 2.75) is 19.9 Å². The van der Waals surface area contributed by atoms with Crippen LogP contribution in [-0.4, -0.2) is 34.8 Å². The minimum atomic E-state index is -2.73. The first-order valence-corrected chi connectivity index (χ1v) is 7.90. The maximum Gasteiger partial charge on any atom is 0.256 e. The third kappa shape index (κ3) is 3.96. The van der Waals surface area contributed by atoms with Crippen molar-refractivity contribution in [1.29, 1.82) is 0 Å². The van der Waals surface area contributed by atoms with Crippen molar-refractivity contribution in [3.63, 3.8) is 0 Å². The zero-order valence-electron chi connectivity index (χ0n) is 16.7. The molecule has 2 aromatic rings. The van der Waals surface area contributed by atoms with Gasteiger partial charge in [-0.2, -0.15) is 0 Å². The Morgan fingerprint density at radius 1 is 1.35 bits per heavy atom. The van der Waals surface area contributed by atoms with Gasteiger partial charge in [0.25, 0.3) is 5.91 Å². The Bertz CT molecular complexity index is 953. The van der Waals surface area contributed by atoms with Crippen LogP contribution in [0.5, 0.6) is 0 Å². The Morgan fingerprint density at radius 2 is 2.19 bits per heavy atom. The summed E-state index contributed by atoms with van der Waals surface area (Å²) in [5, 5.41) is 5.20. The number of nitrogens with one attached hydrogen (secondary N) is 2. The lowest BCUT2D eigenvalue weighted by atomic mass is 10.2. The molecule has 1 aromatic carbocycles. The Labute approximate surface area is 153 Å². The van der Waals surface area contributed by atoms with Crippen LogP contribution >= 0.6 is 0 Å². The van der Waals surface area contributed by atoms with Crippen LogP contribution in [0.15, 0.2) is 30.3 Å². The van der Waals surface area contributed by atoms with Gasteiger partial charge in [0.05, 0.1) is 17.8 Å². The molecule has 2 heterocycles. The number of rotatable bonds is 6. The topological polar surface area (TPSA) is 74.3 Å². The summed E-state index contributed by atoms with van der Waals surface area (Å²) >= 11 is 0. The number of carbonyl (C=O) groups is 2. The third-order valence-electron chi connectivity index (χ3n) is 3.97.